The number of aliphatic hydroxyl groups is 1. The topological polar surface area (TPSA) is 66.4 Å². The van der Waals surface area contributed by atoms with Gasteiger partial charge in [-0.1, -0.05) is 6.07 Å². The molecule has 0 bridgehead atoms. The standard InChI is InChI=1S/C12H16F3NO3S/c1-8-9(12(13,14)15)5-4-6-10(8)20(18,19)16-7-11(2,3)17/h4-6,16-17H,7H2,1-3H3. The van der Waals surface area contributed by atoms with Gasteiger partial charge in [0, 0.05) is 6.54 Å². The molecule has 0 amide bonds. The first-order valence-electron chi connectivity index (χ1n) is 5.73. The predicted octanol–water partition coefficient (Wildman–Crippen LogP) is 2.06. The van der Waals surface area contributed by atoms with Crippen LogP contribution in [0.15, 0.2) is 23.1 Å². The highest BCUT2D eigenvalue weighted by molar-refractivity contribution is 7.89. The molecule has 0 atom stereocenters. The Morgan fingerprint density at radius 2 is 1.80 bits per heavy atom. The number of alkyl halides is 3. The van der Waals surface area contributed by atoms with E-state index in [4.69, 9.17) is 0 Å². The molecule has 4 nitrogen and oxygen atoms in total. The third-order valence-corrected chi connectivity index (χ3v) is 4.12. The molecule has 114 valence electrons. The van der Waals surface area contributed by atoms with Crippen LogP contribution in [0.3, 0.4) is 0 Å². The molecule has 0 aromatic heterocycles. The number of benzene rings is 1. The van der Waals surface area contributed by atoms with Crippen LogP contribution in [0.5, 0.6) is 0 Å². The minimum absolute atomic E-state index is 0.301. The van der Waals surface area contributed by atoms with Gasteiger partial charge in [-0.25, -0.2) is 13.1 Å². The van der Waals surface area contributed by atoms with Crippen molar-refractivity contribution in [3.05, 3.63) is 29.3 Å². The fourth-order valence-corrected chi connectivity index (χ4v) is 3.03. The van der Waals surface area contributed by atoms with E-state index in [1.54, 1.807) is 0 Å². The lowest BCUT2D eigenvalue weighted by molar-refractivity contribution is -0.138. The highest BCUT2D eigenvalue weighted by Crippen LogP contribution is 2.34. The van der Waals surface area contributed by atoms with Crippen LogP contribution in [-0.4, -0.2) is 25.7 Å². The van der Waals surface area contributed by atoms with Gasteiger partial charge in [-0.2, -0.15) is 13.2 Å². The van der Waals surface area contributed by atoms with Crippen molar-refractivity contribution < 1.29 is 26.7 Å². The Balaban J connectivity index is 3.21. The molecule has 1 aromatic carbocycles. The third-order valence-electron chi connectivity index (χ3n) is 2.57. The van der Waals surface area contributed by atoms with E-state index in [-0.39, 0.29) is 12.1 Å². The van der Waals surface area contributed by atoms with E-state index in [1.807, 2.05) is 0 Å². The lowest BCUT2D eigenvalue weighted by Crippen LogP contribution is -2.38. The Hall–Kier alpha value is -1.12. The van der Waals surface area contributed by atoms with Crippen LogP contribution in [0.2, 0.25) is 0 Å². The number of sulfonamides is 1. The average molecular weight is 311 g/mol. The lowest BCUT2D eigenvalue weighted by Gasteiger charge is -2.19. The number of hydrogen-bond donors (Lipinski definition) is 2. The van der Waals surface area contributed by atoms with Gasteiger partial charge in [0.25, 0.3) is 0 Å². The van der Waals surface area contributed by atoms with Gasteiger partial charge >= 0.3 is 6.18 Å². The van der Waals surface area contributed by atoms with Gasteiger partial charge in [-0.15, -0.1) is 0 Å². The molecule has 2 N–H and O–H groups in total. The number of rotatable bonds is 4. The second kappa shape index (κ2) is 5.34. The summed E-state index contributed by atoms with van der Waals surface area (Å²) in [6, 6.07) is 2.95. The second-order valence-corrected chi connectivity index (χ2v) is 6.80. The minimum atomic E-state index is -4.62. The molecule has 0 heterocycles. The van der Waals surface area contributed by atoms with Crippen LogP contribution in [0.4, 0.5) is 13.2 Å². The van der Waals surface area contributed by atoms with Crippen LogP contribution < -0.4 is 4.72 Å². The average Bonchev–Trinajstić information content (AvgIpc) is 2.24. The van der Waals surface area contributed by atoms with Crippen molar-refractivity contribution in [2.24, 2.45) is 0 Å². The molecule has 1 rings (SSSR count). The first-order chi connectivity index (χ1) is 8.84. The fraction of sp³-hybridized carbons (Fsp3) is 0.500. The summed E-state index contributed by atoms with van der Waals surface area (Å²) >= 11 is 0. The summed E-state index contributed by atoms with van der Waals surface area (Å²) in [4.78, 5) is -0.448. The molecule has 0 aliphatic carbocycles. The van der Waals surface area contributed by atoms with Gasteiger partial charge in [0.05, 0.1) is 16.1 Å². The Bertz CT molecular complexity index is 589. The molecule has 0 radical (unpaired) electrons. The Morgan fingerprint density at radius 1 is 1.25 bits per heavy atom. The number of halogens is 3. The van der Waals surface area contributed by atoms with Crippen molar-refractivity contribution in [3.8, 4) is 0 Å². The molecule has 0 aliphatic heterocycles. The van der Waals surface area contributed by atoms with Gasteiger partial charge in [0.15, 0.2) is 0 Å². The minimum Gasteiger partial charge on any atom is -0.389 e. The van der Waals surface area contributed by atoms with Gasteiger partial charge in [0.1, 0.15) is 0 Å². The SMILES string of the molecule is Cc1c(C(F)(F)F)cccc1S(=O)(=O)NCC(C)(C)O. The zero-order valence-corrected chi connectivity index (χ0v) is 12.1. The van der Waals surface area contributed by atoms with Gasteiger partial charge in [0.2, 0.25) is 10.0 Å². The highest BCUT2D eigenvalue weighted by Gasteiger charge is 2.34. The fourth-order valence-electron chi connectivity index (χ4n) is 1.56. The van der Waals surface area contributed by atoms with Crippen molar-refractivity contribution in [1.29, 1.82) is 0 Å². The molecule has 20 heavy (non-hydrogen) atoms. The molecule has 0 spiro atoms. The summed E-state index contributed by atoms with van der Waals surface area (Å²) in [6.45, 7) is 3.57. The summed E-state index contributed by atoms with van der Waals surface area (Å²) in [5, 5.41) is 9.47. The van der Waals surface area contributed by atoms with E-state index in [0.717, 1.165) is 25.1 Å². The van der Waals surface area contributed by atoms with E-state index < -0.39 is 32.3 Å². The van der Waals surface area contributed by atoms with Crippen molar-refractivity contribution in [1.82, 2.24) is 4.72 Å². The molecule has 0 aliphatic rings. The first kappa shape index (κ1) is 16.9. The van der Waals surface area contributed by atoms with Crippen LogP contribution in [-0.2, 0) is 16.2 Å². The molecule has 0 fully saturated rings. The molecule has 0 saturated heterocycles. The molecule has 0 saturated carbocycles. The zero-order valence-electron chi connectivity index (χ0n) is 11.2. The molecule has 1 aromatic rings. The molecule has 8 heteroatoms. The Morgan fingerprint density at radius 3 is 2.25 bits per heavy atom. The van der Waals surface area contributed by atoms with Gasteiger partial charge in [-0.3, -0.25) is 0 Å². The van der Waals surface area contributed by atoms with Crippen LogP contribution in [0.1, 0.15) is 25.0 Å². The highest BCUT2D eigenvalue weighted by atomic mass is 32.2. The quantitative estimate of drug-likeness (QED) is 0.894. The molecular weight excluding hydrogens is 295 g/mol. The van der Waals surface area contributed by atoms with E-state index in [2.05, 4.69) is 4.72 Å². The van der Waals surface area contributed by atoms with E-state index >= 15 is 0 Å². The first-order valence-corrected chi connectivity index (χ1v) is 7.22. The predicted molar refractivity (Wildman–Crippen MR) is 67.7 cm³/mol. The smallest absolute Gasteiger partial charge is 0.389 e. The van der Waals surface area contributed by atoms with Crippen molar-refractivity contribution in [2.45, 2.75) is 37.4 Å². The normalized spacial score (nSPS) is 13.6. The zero-order chi connectivity index (χ0) is 15.8. The Kier molecular flexibility index (Phi) is 4.52. The summed E-state index contributed by atoms with van der Waals surface area (Å²) in [7, 11) is -4.12. The maximum Gasteiger partial charge on any atom is 0.416 e. The molecular formula is C12H16F3NO3S. The van der Waals surface area contributed by atoms with E-state index in [1.165, 1.54) is 13.8 Å². The summed E-state index contributed by atoms with van der Waals surface area (Å²) in [5.41, 5.74) is -2.67. The van der Waals surface area contributed by atoms with Crippen LogP contribution in [0, 0.1) is 6.92 Å². The van der Waals surface area contributed by atoms with Crippen molar-refractivity contribution in [3.63, 3.8) is 0 Å². The maximum atomic E-state index is 12.7. The maximum absolute atomic E-state index is 12.7. The van der Waals surface area contributed by atoms with Gasteiger partial charge < -0.3 is 5.11 Å². The van der Waals surface area contributed by atoms with Crippen molar-refractivity contribution in [2.75, 3.05) is 6.54 Å². The number of hydrogen-bond acceptors (Lipinski definition) is 3. The lowest BCUT2D eigenvalue weighted by atomic mass is 10.1. The van der Waals surface area contributed by atoms with Crippen LogP contribution >= 0.6 is 0 Å². The third kappa shape index (κ3) is 4.19. The summed E-state index contributed by atoms with van der Waals surface area (Å²) in [5.74, 6) is 0. The van der Waals surface area contributed by atoms with Gasteiger partial charge in [-0.05, 0) is 38.5 Å². The second-order valence-electron chi connectivity index (χ2n) is 5.06. The van der Waals surface area contributed by atoms with Crippen LogP contribution in [0.25, 0.3) is 0 Å². The summed E-state index contributed by atoms with van der Waals surface area (Å²) < 4.78 is 64.3. The van der Waals surface area contributed by atoms with E-state index in [0.29, 0.717) is 0 Å². The Labute approximate surface area is 115 Å². The number of nitrogens with one attached hydrogen (secondary N) is 1. The van der Waals surface area contributed by atoms with E-state index in [9.17, 15) is 26.7 Å². The van der Waals surface area contributed by atoms with Crippen molar-refractivity contribution >= 4 is 10.0 Å². The largest absolute Gasteiger partial charge is 0.416 e. The summed E-state index contributed by atoms with van der Waals surface area (Å²) in [6.07, 6.45) is -4.62. The molecule has 0 unspecified atom stereocenters. The monoisotopic (exact) mass is 311 g/mol.